The van der Waals surface area contributed by atoms with Crippen LogP contribution in [0.2, 0.25) is 0 Å². The van der Waals surface area contributed by atoms with Crippen LogP contribution in [0, 0.1) is 6.92 Å². The van der Waals surface area contributed by atoms with Gasteiger partial charge in [-0.3, -0.25) is 9.59 Å². The Bertz CT molecular complexity index is 1130. The minimum absolute atomic E-state index is 0.0925. The van der Waals surface area contributed by atoms with Gasteiger partial charge in [0.1, 0.15) is 5.82 Å². The van der Waals surface area contributed by atoms with E-state index in [1.807, 2.05) is 60.9 Å². The molecule has 2 amide bonds. The molecule has 7 nitrogen and oxygen atoms in total. The zero-order valence-electron chi connectivity index (χ0n) is 19.6. The Hall–Kier alpha value is -3.13. The van der Waals surface area contributed by atoms with E-state index in [2.05, 4.69) is 34.7 Å². The quantitative estimate of drug-likeness (QED) is 0.426. The number of thioether (sulfide) groups is 1. The van der Waals surface area contributed by atoms with Gasteiger partial charge in [0.05, 0.1) is 12.2 Å². The first-order valence-electron chi connectivity index (χ1n) is 11.3. The predicted molar refractivity (Wildman–Crippen MR) is 134 cm³/mol. The second-order valence-electron chi connectivity index (χ2n) is 7.68. The lowest BCUT2D eigenvalue weighted by Crippen LogP contribution is -2.19. The molecule has 3 aromatic rings. The molecular formula is C25H31N5O2S. The van der Waals surface area contributed by atoms with Gasteiger partial charge in [0.25, 0.3) is 0 Å². The van der Waals surface area contributed by atoms with E-state index < -0.39 is 0 Å². The van der Waals surface area contributed by atoms with E-state index in [0.717, 1.165) is 40.9 Å². The number of aryl methyl sites for hydroxylation is 3. The van der Waals surface area contributed by atoms with Crippen LogP contribution in [0.1, 0.15) is 43.3 Å². The highest BCUT2D eigenvalue weighted by Gasteiger charge is 2.17. The van der Waals surface area contributed by atoms with Crippen molar-refractivity contribution in [1.29, 1.82) is 0 Å². The summed E-state index contributed by atoms with van der Waals surface area (Å²) in [6, 6.07) is 13.8. The number of rotatable bonds is 10. The molecule has 174 valence electrons. The number of nitrogens with zero attached hydrogens (tertiary/aromatic N) is 3. The highest BCUT2D eigenvalue weighted by Crippen LogP contribution is 2.23. The molecule has 0 saturated carbocycles. The molecule has 0 aliphatic rings. The monoisotopic (exact) mass is 465 g/mol. The lowest BCUT2D eigenvalue weighted by atomic mass is 10.1. The number of para-hydroxylation sites is 2. The van der Waals surface area contributed by atoms with Gasteiger partial charge in [0.2, 0.25) is 11.8 Å². The third kappa shape index (κ3) is 6.22. The molecule has 2 aromatic carbocycles. The Morgan fingerprint density at radius 3 is 2.36 bits per heavy atom. The van der Waals surface area contributed by atoms with Gasteiger partial charge in [0, 0.05) is 17.9 Å². The van der Waals surface area contributed by atoms with E-state index in [-0.39, 0.29) is 24.0 Å². The lowest BCUT2D eigenvalue weighted by Gasteiger charge is -2.13. The first kappa shape index (κ1) is 24.5. The summed E-state index contributed by atoms with van der Waals surface area (Å²) in [4.78, 5) is 25.2. The van der Waals surface area contributed by atoms with Crippen molar-refractivity contribution in [2.24, 2.45) is 0 Å². The van der Waals surface area contributed by atoms with Gasteiger partial charge in [-0.2, -0.15) is 0 Å². The van der Waals surface area contributed by atoms with Crippen molar-refractivity contribution in [2.45, 2.75) is 58.7 Å². The average Bonchev–Trinajstić information content (AvgIpc) is 3.20. The van der Waals surface area contributed by atoms with Gasteiger partial charge in [-0.25, -0.2) is 0 Å². The summed E-state index contributed by atoms with van der Waals surface area (Å²) in [7, 11) is 0. The van der Waals surface area contributed by atoms with Crippen molar-refractivity contribution >= 4 is 35.0 Å². The number of aromatic nitrogens is 3. The second-order valence-corrected chi connectivity index (χ2v) is 8.62. The van der Waals surface area contributed by atoms with Crippen LogP contribution in [0.25, 0.3) is 0 Å². The summed E-state index contributed by atoms with van der Waals surface area (Å²) in [6.45, 7) is 8.71. The molecule has 0 bridgehead atoms. The van der Waals surface area contributed by atoms with Crippen molar-refractivity contribution in [2.75, 3.05) is 16.4 Å². The predicted octanol–water partition coefficient (Wildman–Crippen LogP) is 4.64. The van der Waals surface area contributed by atoms with Crippen LogP contribution in [-0.4, -0.2) is 32.3 Å². The largest absolute Gasteiger partial charge is 0.325 e. The second kappa shape index (κ2) is 11.7. The smallest absolute Gasteiger partial charge is 0.234 e. The standard InChI is InChI=1S/C25H31N5O2S/c1-5-18-12-8-9-14-20(18)26-22(31)15-21-28-29-25(30(21)7-3)33-16-23(32)27-24-17(4)11-10-13-19(24)6-2/h8-14H,5-7,15-16H2,1-4H3,(H,26,31)(H,27,32). The number of nitrogens with one attached hydrogen (secondary N) is 2. The molecule has 0 atom stereocenters. The maximum atomic E-state index is 12.6. The third-order valence-corrected chi connectivity index (χ3v) is 6.40. The lowest BCUT2D eigenvalue weighted by molar-refractivity contribution is -0.116. The summed E-state index contributed by atoms with van der Waals surface area (Å²) < 4.78 is 1.88. The molecule has 8 heteroatoms. The van der Waals surface area contributed by atoms with Crippen molar-refractivity contribution in [3.63, 3.8) is 0 Å². The van der Waals surface area contributed by atoms with E-state index in [4.69, 9.17) is 0 Å². The van der Waals surface area contributed by atoms with Crippen LogP contribution in [0.4, 0.5) is 11.4 Å². The van der Waals surface area contributed by atoms with Crippen LogP contribution >= 0.6 is 11.8 Å². The molecule has 0 fully saturated rings. The normalized spacial score (nSPS) is 10.8. The number of hydrogen-bond donors (Lipinski definition) is 2. The maximum absolute atomic E-state index is 12.6. The first-order chi connectivity index (χ1) is 16.0. The maximum Gasteiger partial charge on any atom is 0.234 e. The summed E-state index contributed by atoms with van der Waals surface area (Å²) in [5.74, 6) is 0.564. The zero-order chi connectivity index (χ0) is 23.8. The van der Waals surface area contributed by atoms with Crippen molar-refractivity contribution in [3.8, 4) is 0 Å². The van der Waals surface area contributed by atoms with E-state index in [9.17, 15) is 9.59 Å². The van der Waals surface area contributed by atoms with Crippen LogP contribution in [0.15, 0.2) is 47.6 Å². The number of carbonyl (C=O) groups is 2. The summed E-state index contributed by atoms with van der Waals surface area (Å²) in [6.07, 6.45) is 1.81. The number of anilines is 2. The minimum atomic E-state index is -0.140. The summed E-state index contributed by atoms with van der Waals surface area (Å²) in [5.41, 5.74) is 4.95. The number of hydrogen-bond acceptors (Lipinski definition) is 5. The van der Waals surface area contributed by atoms with Gasteiger partial charge in [-0.15, -0.1) is 10.2 Å². The van der Waals surface area contributed by atoms with Gasteiger partial charge in [-0.05, 0) is 49.4 Å². The number of carbonyl (C=O) groups excluding carboxylic acids is 2. The number of benzene rings is 2. The Kier molecular flexibility index (Phi) is 8.65. The highest BCUT2D eigenvalue weighted by atomic mass is 32.2. The van der Waals surface area contributed by atoms with Crippen LogP contribution in [0.3, 0.4) is 0 Å². The minimum Gasteiger partial charge on any atom is -0.325 e. The Morgan fingerprint density at radius 2 is 1.64 bits per heavy atom. The SMILES string of the molecule is CCc1ccccc1NC(=O)Cc1nnc(SCC(=O)Nc2c(C)cccc2CC)n1CC. The molecule has 0 aliphatic carbocycles. The fourth-order valence-corrected chi connectivity index (χ4v) is 4.49. The van der Waals surface area contributed by atoms with E-state index in [1.165, 1.54) is 11.8 Å². The van der Waals surface area contributed by atoms with Crippen molar-refractivity contribution in [3.05, 3.63) is 65.0 Å². The van der Waals surface area contributed by atoms with Crippen LogP contribution in [-0.2, 0) is 35.4 Å². The first-order valence-corrected chi connectivity index (χ1v) is 12.3. The van der Waals surface area contributed by atoms with E-state index in [1.54, 1.807) is 0 Å². The fourth-order valence-electron chi connectivity index (χ4n) is 3.67. The van der Waals surface area contributed by atoms with E-state index >= 15 is 0 Å². The summed E-state index contributed by atoms with van der Waals surface area (Å²) in [5, 5.41) is 15.1. The van der Waals surface area contributed by atoms with Gasteiger partial charge in [-0.1, -0.05) is 62.0 Å². The fraction of sp³-hybridized carbons (Fsp3) is 0.360. The Balaban J connectivity index is 1.62. The summed E-state index contributed by atoms with van der Waals surface area (Å²) >= 11 is 1.32. The van der Waals surface area contributed by atoms with Gasteiger partial charge >= 0.3 is 0 Å². The molecule has 3 rings (SSSR count). The molecule has 2 N–H and O–H groups in total. The molecule has 0 radical (unpaired) electrons. The molecule has 0 spiro atoms. The highest BCUT2D eigenvalue weighted by molar-refractivity contribution is 7.99. The number of amides is 2. The van der Waals surface area contributed by atoms with Crippen LogP contribution < -0.4 is 10.6 Å². The topological polar surface area (TPSA) is 88.9 Å². The van der Waals surface area contributed by atoms with Crippen molar-refractivity contribution in [1.82, 2.24) is 14.8 Å². The van der Waals surface area contributed by atoms with Gasteiger partial charge in [0.15, 0.2) is 5.16 Å². The molecule has 1 heterocycles. The Labute approximate surface area is 199 Å². The Morgan fingerprint density at radius 1 is 0.909 bits per heavy atom. The molecular weight excluding hydrogens is 434 g/mol. The molecule has 1 aromatic heterocycles. The average molecular weight is 466 g/mol. The van der Waals surface area contributed by atoms with Crippen LogP contribution in [0.5, 0.6) is 0 Å². The molecule has 0 unspecified atom stereocenters. The zero-order valence-corrected chi connectivity index (χ0v) is 20.5. The molecule has 0 saturated heterocycles. The molecule has 33 heavy (non-hydrogen) atoms. The van der Waals surface area contributed by atoms with Gasteiger partial charge < -0.3 is 15.2 Å². The van der Waals surface area contributed by atoms with E-state index in [0.29, 0.717) is 17.5 Å². The van der Waals surface area contributed by atoms with Crippen molar-refractivity contribution < 1.29 is 9.59 Å². The third-order valence-electron chi connectivity index (χ3n) is 5.44. The molecule has 0 aliphatic heterocycles.